The summed E-state index contributed by atoms with van der Waals surface area (Å²) in [5.41, 5.74) is 6.16. The highest BCUT2D eigenvalue weighted by Crippen LogP contribution is 2.12. The van der Waals surface area contributed by atoms with Crippen LogP contribution in [0.1, 0.15) is 53.4 Å². The lowest BCUT2D eigenvalue weighted by Crippen LogP contribution is -2.31. The summed E-state index contributed by atoms with van der Waals surface area (Å²) >= 11 is 0. The van der Waals surface area contributed by atoms with E-state index in [1.165, 1.54) is 12.8 Å². The van der Waals surface area contributed by atoms with Crippen LogP contribution in [0.3, 0.4) is 0 Å². The van der Waals surface area contributed by atoms with E-state index in [0.717, 1.165) is 18.5 Å². The quantitative estimate of drug-likeness (QED) is 0.665. The molecule has 0 heterocycles. The number of unbranched alkanes of at least 4 members (excludes halogenated alkanes) is 1. The fourth-order valence-electron chi connectivity index (χ4n) is 1.77. The molecule has 0 aromatic heterocycles. The molecule has 21 heavy (non-hydrogen) atoms. The van der Waals surface area contributed by atoms with Crippen LogP contribution in [0.15, 0.2) is 30.3 Å². The molecule has 0 aliphatic rings. The van der Waals surface area contributed by atoms with Crippen molar-refractivity contribution < 1.29 is 9.53 Å². The molecular weight excluding hydrogens is 264 g/mol. The molecule has 4 heteroatoms. The Morgan fingerprint density at radius 2 is 1.86 bits per heavy atom. The summed E-state index contributed by atoms with van der Waals surface area (Å²) in [6.07, 6.45) is 4.09. The van der Waals surface area contributed by atoms with Gasteiger partial charge in [0.05, 0.1) is 12.3 Å². The van der Waals surface area contributed by atoms with Gasteiger partial charge in [0.15, 0.2) is 0 Å². The van der Waals surface area contributed by atoms with E-state index in [1.54, 1.807) is 0 Å². The molecule has 0 aliphatic heterocycles. The molecule has 0 bridgehead atoms. The van der Waals surface area contributed by atoms with E-state index >= 15 is 0 Å². The van der Waals surface area contributed by atoms with Crippen molar-refractivity contribution in [3.05, 3.63) is 30.3 Å². The zero-order valence-corrected chi connectivity index (χ0v) is 13.8. The molecule has 0 fully saturated rings. The van der Waals surface area contributed by atoms with Gasteiger partial charge in [0.1, 0.15) is 0 Å². The molecule has 1 aromatic carbocycles. The second-order valence-corrected chi connectivity index (χ2v) is 4.63. The first-order valence-electron chi connectivity index (χ1n) is 8.00. The van der Waals surface area contributed by atoms with Crippen molar-refractivity contribution in [1.29, 1.82) is 0 Å². The number of hydrogen-bond acceptors (Lipinski definition) is 3. The first-order valence-corrected chi connectivity index (χ1v) is 8.00. The van der Waals surface area contributed by atoms with Gasteiger partial charge in [-0.3, -0.25) is 5.43 Å². The third kappa shape index (κ3) is 9.77. The van der Waals surface area contributed by atoms with Crippen molar-refractivity contribution in [2.45, 2.75) is 53.4 Å². The fourth-order valence-corrected chi connectivity index (χ4v) is 1.77. The molecule has 1 unspecified atom stereocenters. The highest BCUT2D eigenvalue weighted by molar-refractivity contribution is 5.69. The highest BCUT2D eigenvalue weighted by atomic mass is 16.6. The number of amides is 1. The minimum Gasteiger partial charge on any atom is -0.448 e. The van der Waals surface area contributed by atoms with Crippen LogP contribution < -0.4 is 10.9 Å². The van der Waals surface area contributed by atoms with Crippen LogP contribution in [-0.2, 0) is 4.74 Å². The summed E-state index contributed by atoms with van der Waals surface area (Å²) < 4.78 is 5.20. The Bertz CT molecular complexity index is 355. The molecule has 1 amide bonds. The van der Waals surface area contributed by atoms with Gasteiger partial charge in [-0.2, -0.15) is 0 Å². The number of carbonyl (C=O) groups excluding carboxylic acids is 1. The van der Waals surface area contributed by atoms with Gasteiger partial charge in [-0.05, 0) is 24.5 Å². The minimum absolute atomic E-state index is 0.432. The predicted octanol–water partition coefficient (Wildman–Crippen LogP) is 4.98. The number of ether oxygens (including phenoxy) is 1. The maximum atomic E-state index is 11.5. The van der Waals surface area contributed by atoms with Gasteiger partial charge < -0.3 is 4.74 Å². The Balaban J connectivity index is 0.00000191. The second kappa shape index (κ2) is 13.3. The zero-order chi connectivity index (χ0) is 15.9. The number of para-hydroxylation sites is 1. The molecule has 0 saturated heterocycles. The van der Waals surface area contributed by atoms with E-state index in [-0.39, 0.29) is 0 Å². The van der Waals surface area contributed by atoms with Gasteiger partial charge in [-0.15, -0.1) is 0 Å². The van der Waals surface area contributed by atoms with Crippen molar-refractivity contribution in [2.75, 3.05) is 12.0 Å². The van der Waals surface area contributed by atoms with Crippen LogP contribution in [0, 0.1) is 5.92 Å². The van der Waals surface area contributed by atoms with Crippen LogP contribution in [0.2, 0.25) is 0 Å². The molecule has 0 aliphatic carbocycles. The monoisotopic (exact) mass is 294 g/mol. The van der Waals surface area contributed by atoms with Crippen LogP contribution >= 0.6 is 0 Å². The van der Waals surface area contributed by atoms with E-state index in [0.29, 0.717) is 12.5 Å². The smallest absolute Gasteiger partial charge is 0.425 e. The number of benzene rings is 1. The summed E-state index contributed by atoms with van der Waals surface area (Å²) in [7, 11) is 0. The SMILES string of the molecule is CC.CCCCC(CC)COC(=O)NNc1ccccc1. The predicted molar refractivity (Wildman–Crippen MR) is 89.2 cm³/mol. The van der Waals surface area contributed by atoms with Gasteiger partial charge in [-0.1, -0.05) is 65.2 Å². The summed E-state index contributed by atoms with van der Waals surface area (Å²) in [5.74, 6) is 0.461. The summed E-state index contributed by atoms with van der Waals surface area (Å²) in [5, 5.41) is 0. The van der Waals surface area contributed by atoms with Gasteiger partial charge in [0.2, 0.25) is 0 Å². The van der Waals surface area contributed by atoms with E-state index in [4.69, 9.17) is 4.74 Å². The topological polar surface area (TPSA) is 50.4 Å². The third-order valence-corrected chi connectivity index (χ3v) is 3.08. The molecule has 1 rings (SSSR count). The molecule has 120 valence electrons. The van der Waals surface area contributed by atoms with Crippen molar-refractivity contribution >= 4 is 11.8 Å². The minimum atomic E-state index is -0.432. The van der Waals surface area contributed by atoms with E-state index < -0.39 is 6.09 Å². The Morgan fingerprint density at radius 1 is 1.19 bits per heavy atom. The van der Waals surface area contributed by atoms with Crippen LogP contribution in [0.25, 0.3) is 0 Å². The standard InChI is InChI=1S/C15H24N2O2.C2H6/c1-3-5-9-13(4-2)12-19-15(18)17-16-14-10-7-6-8-11-14;1-2/h6-8,10-11,13,16H,3-5,9,12H2,1-2H3,(H,17,18);1-2H3. The molecule has 4 nitrogen and oxygen atoms in total. The number of anilines is 1. The largest absolute Gasteiger partial charge is 0.448 e. The molecule has 1 atom stereocenters. The number of rotatable bonds is 8. The molecular formula is C17H30N2O2. The van der Waals surface area contributed by atoms with E-state index in [1.807, 2.05) is 44.2 Å². The lowest BCUT2D eigenvalue weighted by atomic mass is 10.0. The molecule has 0 radical (unpaired) electrons. The van der Waals surface area contributed by atoms with Gasteiger partial charge >= 0.3 is 6.09 Å². The first kappa shape index (κ1) is 19.3. The molecule has 0 saturated carbocycles. The Hall–Kier alpha value is -1.71. The maximum Gasteiger partial charge on any atom is 0.425 e. The normalized spacial score (nSPS) is 10.9. The second-order valence-electron chi connectivity index (χ2n) is 4.63. The molecule has 0 spiro atoms. The summed E-state index contributed by atoms with van der Waals surface area (Å²) in [4.78, 5) is 11.5. The number of hydrazine groups is 1. The Kier molecular flexibility index (Phi) is 12.2. The first-order chi connectivity index (χ1) is 10.3. The number of carbonyl (C=O) groups is 1. The lowest BCUT2D eigenvalue weighted by molar-refractivity contribution is 0.124. The zero-order valence-electron chi connectivity index (χ0n) is 13.8. The lowest BCUT2D eigenvalue weighted by Gasteiger charge is -2.15. The van der Waals surface area contributed by atoms with Crippen LogP contribution in [0.5, 0.6) is 0 Å². The van der Waals surface area contributed by atoms with Gasteiger partial charge in [-0.25, -0.2) is 10.2 Å². The van der Waals surface area contributed by atoms with Crippen molar-refractivity contribution in [3.8, 4) is 0 Å². The average Bonchev–Trinajstić information content (AvgIpc) is 2.56. The van der Waals surface area contributed by atoms with Gasteiger partial charge in [0.25, 0.3) is 0 Å². The van der Waals surface area contributed by atoms with Crippen molar-refractivity contribution in [2.24, 2.45) is 5.92 Å². The highest BCUT2D eigenvalue weighted by Gasteiger charge is 2.09. The third-order valence-electron chi connectivity index (χ3n) is 3.08. The number of nitrogens with one attached hydrogen (secondary N) is 2. The molecule has 1 aromatic rings. The summed E-state index contributed by atoms with van der Waals surface area (Å²) in [6.45, 7) is 8.78. The molecule has 2 N–H and O–H groups in total. The summed E-state index contributed by atoms with van der Waals surface area (Å²) in [6, 6.07) is 9.45. The van der Waals surface area contributed by atoms with Gasteiger partial charge in [0, 0.05) is 0 Å². The van der Waals surface area contributed by atoms with E-state index in [9.17, 15) is 4.79 Å². The van der Waals surface area contributed by atoms with Crippen molar-refractivity contribution in [3.63, 3.8) is 0 Å². The number of hydrogen-bond donors (Lipinski definition) is 2. The fraction of sp³-hybridized carbons (Fsp3) is 0.588. The van der Waals surface area contributed by atoms with Crippen LogP contribution in [-0.4, -0.2) is 12.7 Å². The Morgan fingerprint density at radius 3 is 2.43 bits per heavy atom. The Labute approximate surface area is 129 Å². The van der Waals surface area contributed by atoms with E-state index in [2.05, 4.69) is 24.7 Å². The van der Waals surface area contributed by atoms with Crippen LogP contribution in [0.4, 0.5) is 10.5 Å². The van der Waals surface area contributed by atoms with Crippen molar-refractivity contribution in [1.82, 2.24) is 5.43 Å². The maximum absolute atomic E-state index is 11.5. The average molecular weight is 294 g/mol.